The van der Waals surface area contributed by atoms with Crippen molar-refractivity contribution in [2.75, 3.05) is 32.8 Å². The van der Waals surface area contributed by atoms with E-state index in [9.17, 15) is 0 Å². The third-order valence-electron chi connectivity index (χ3n) is 3.42. The molecule has 1 aliphatic heterocycles. The number of rotatable bonds is 6. The van der Waals surface area contributed by atoms with Crippen molar-refractivity contribution in [3.8, 4) is 0 Å². The van der Waals surface area contributed by atoms with Gasteiger partial charge in [0.05, 0.1) is 18.8 Å². The van der Waals surface area contributed by atoms with Crippen molar-refractivity contribution in [2.24, 2.45) is 0 Å². The normalized spacial score (nSPS) is 23.1. The minimum Gasteiger partial charge on any atom is -0.374 e. The van der Waals surface area contributed by atoms with Crippen LogP contribution < -0.4 is 5.32 Å². The lowest BCUT2D eigenvalue weighted by atomic mass is 10.0. The Labute approximate surface area is 114 Å². The quantitative estimate of drug-likeness (QED) is 0.858. The number of thiophene rings is 1. The molecule has 0 amide bonds. The number of likely N-dealkylation sites (N-methyl/N-ethyl adjacent to an activating group) is 1. The summed E-state index contributed by atoms with van der Waals surface area (Å²) in [7, 11) is 0. The SMILES string of the molecule is CCCN1CCOC(C(NCC)c2ccsc2)C1. The maximum absolute atomic E-state index is 5.99. The van der Waals surface area contributed by atoms with Gasteiger partial charge in [-0.3, -0.25) is 4.90 Å². The summed E-state index contributed by atoms with van der Waals surface area (Å²) < 4.78 is 5.99. The average Bonchev–Trinajstić information content (AvgIpc) is 2.90. The zero-order valence-electron chi connectivity index (χ0n) is 11.4. The van der Waals surface area contributed by atoms with Crippen LogP contribution in [0.3, 0.4) is 0 Å². The molecule has 3 nitrogen and oxygen atoms in total. The fourth-order valence-electron chi connectivity index (χ4n) is 2.59. The van der Waals surface area contributed by atoms with Gasteiger partial charge in [0.15, 0.2) is 0 Å². The van der Waals surface area contributed by atoms with Crippen LogP contribution in [-0.2, 0) is 4.74 Å². The summed E-state index contributed by atoms with van der Waals surface area (Å²) in [6.45, 7) is 9.54. The van der Waals surface area contributed by atoms with Gasteiger partial charge in [-0.05, 0) is 41.9 Å². The molecular weight excluding hydrogens is 244 g/mol. The van der Waals surface area contributed by atoms with Gasteiger partial charge >= 0.3 is 0 Å². The lowest BCUT2D eigenvalue weighted by Crippen LogP contribution is -2.48. The van der Waals surface area contributed by atoms with Gasteiger partial charge in [0.2, 0.25) is 0 Å². The van der Waals surface area contributed by atoms with Crippen LogP contribution in [-0.4, -0.2) is 43.8 Å². The Morgan fingerprint density at radius 1 is 1.56 bits per heavy atom. The van der Waals surface area contributed by atoms with Gasteiger partial charge < -0.3 is 10.1 Å². The summed E-state index contributed by atoms with van der Waals surface area (Å²) in [5, 5.41) is 7.95. The fourth-order valence-corrected chi connectivity index (χ4v) is 3.29. The standard InChI is InChI=1S/C14H24N2OS/c1-3-6-16-7-8-17-13(10-16)14(15-4-2)12-5-9-18-11-12/h5,9,11,13-15H,3-4,6-8,10H2,1-2H3. The molecule has 1 saturated heterocycles. The second kappa shape index (κ2) is 7.24. The van der Waals surface area contributed by atoms with E-state index in [4.69, 9.17) is 4.74 Å². The molecule has 0 saturated carbocycles. The minimum atomic E-state index is 0.278. The van der Waals surface area contributed by atoms with Gasteiger partial charge in [-0.1, -0.05) is 13.8 Å². The first kappa shape index (κ1) is 14.0. The van der Waals surface area contributed by atoms with Gasteiger partial charge in [0.1, 0.15) is 0 Å². The maximum Gasteiger partial charge on any atom is 0.0897 e. The van der Waals surface area contributed by atoms with Crippen molar-refractivity contribution in [2.45, 2.75) is 32.4 Å². The third-order valence-corrected chi connectivity index (χ3v) is 4.12. The number of nitrogens with one attached hydrogen (secondary N) is 1. The highest BCUT2D eigenvalue weighted by Gasteiger charge is 2.28. The topological polar surface area (TPSA) is 24.5 Å². The van der Waals surface area contributed by atoms with Crippen LogP contribution >= 0.6 is 11.3 Å². The van der Waals surface area contributed by atoms with Gasteiger partial charge in [-0.25, -0.2) is 0 Å². The number of ether oxygens (including phenoxy) is 1. The molecule has 1 aromatic heterocycles. The Hall–Kier alpha value is -0.420. The molecule has 0 bridgehead atoms. The van der Waals surface area contributed by atoms with E-state index in [2.05, 4.69) is 40.9 Å². The van der Waals surface area contributed by atoms with E-state index in [1.165, 1.54) is 18.5 Å². The van der Waals surface area contributed by atoms with Crippen LogP contribution in [0.4, 0.5) is 0 Å². The predicted molar refractivity (Wildman–Crippen MR) is 77.2 cm³/mol. The lowest BCUT2D eigenvalue weighted by molar-refractivity contribution is -0.0467. The molecule has 2 unspecified atom stereocenters. The number of hydrogen-bond acceptors (Lipinski definition) is 4. The first-order valence-corrected chi connectivity index (χ1v) is 7.88. The molecule has 102 valence electrons. The Morgan fingerprint density at radius 3 is 3.11 bits per heavy atom. The van der Waals surface area contributed by atoms with E-state index in [1.807, 2.05) is 0 Å². The first-order valence-electron chi connectivity index (χ1n) is 6.94. The molecular formula is C14H24N2OS. The van der Waals surface area contributed by atoms with E-state index < -0.39 is 0 Å². The Morgan fingerprint density at radius 2 is 2.44 bits per heavy atom. The van der Waals surface area contributed by atoms with Crippen LogP contribution in [0.5, 0.6) is 0 Å². The molecule has 2 heterocycles. The summed E-state index contributed by atoms with van der Waals surface area (Å²) in [6, 6.07) is 2.54. The van der Waals surface area contributed by atoms with E-state index in [1.54, 1.807) is 11.3 Å². The molecule has 1 aliphatic rings. The molecule has 0 spiro atoms. The van der Waals surface area contributed by atoms with Crippen LogP contribution in [0.1, 0.15) is 31.9 Å². The van der Waals surface area contributed by atoms with Crippen molar-refractivity contribution >= 4 is 11.3 Å². The zero-order chi connectivity index (χ0) is 12.8. The van der Waals surface area contributed by atoms with Crippen molar-refractivity contribution in [3.05, 3.63) is 22.4 Å². The predicted octanol–water partition coefficient (Wildman–Crippen LogP) is 2.51. The highest BCUT2D eigenvalue weighted by atomic mass is 32.1. The number of nitrogens with zero attached hydrogens (tertiary/aromatic N) is 1. The molecule has 1 fully saturated rings. The van der Waals surface area contributed by atoms with Gasteiger partial charge in [0.25, 0.3) is 0 Å². The molecule has 4 heteroatoms. The molecule has 1 aromatic rings. The number of hydrogen-bond donors (Lipinski definition) is 1. The fraction of sp³-hybridized carbons (Fsp3) is 0.714. The highest BCUT2D eigenvalue weighted by Crippen LogP contribution is 2.24. The summed E-state index contributed by atoms with van der Waals surface area (Å²) >= 11 is 1.76. The van der Waals surface area contributed by atoms with E-state index >= 15 is 0 Å². The molecule has 1 N–H and O–H groups in total. The average molecular weight is 268 g/mol. The van der Waals surface area contributed by atoms with Gasteiger partial charge in [-0.15, -0.1) is 0 Å². The molecule has 0 aliphatic carbocycles. The van der Waals surface area contributed by atoms with Crippen LogP contribution in [0.25, 0.3) is 0 Å². The summed E-state index contributed by atoms with van der Waals surface area (Å²) in [5.41, 5.74) is 1.37. The summed E-state index contributed by atoms with van der Waals surface area (Å²) in [6.07, 6.45) is 1.50. The molecule has 2 rings (SSSR count). The number of morpholine rings is 1. The summed E-state index contributed by atoms with van der Waals surface area (Å²) in [5.74, 6) is 0. The minimum absolute atomic E-state index is 0.278. The Kier molecular flexibility index (Phi) is 5.63. The van der Waals surface area contributed by atoms with E-state index in [0.29, 0.717) is 6.04 Å². The van der Waals surface area contributed by atoms with Crippen molar-refractivity contribution in [3.63, 3.8) is 0 Å². The van der Waals surface area contributed by atoms with Crippen LogP contribution in [0, 0.1) is 0 Å². The van der Waals surface area contributed by atoms with E-state index in [0.717, 1.165) is 26.2 Å². The molecule has 0 aromatic carbocycles. The molecule has 0 radical (unpaired) electrons. The molecule has 2 atom stereocenters. The smallest absolute Gasteiger partial charge is 0.0897 e. The maximum atomic E-state index is 5.99. The second-order valence-corrected chi connectivity index (χ2v) is 5.58. The molecule has 18 heavy (non-hydrogen) atoms. The van der Waals surface area contributed by atoms with Crippen molar-refractivity contribution in [1.82, 2.24) is 10.2 Å². The largest absolute Gasteiger partial charge is 0.374 e. The third kappa shape index (κ3) is 3.54. The van der Waals surface area contributed by atoms with Crippen molar-refractivity contribution < 1.29 is 4.74 Å². The Balaban J connectivity index is 2.01. The van der Waals surface area contributed by atoms with Crippen LogP contribution in [0.15, 0.2) is 16.8 Å². The Bertz CT molecular complexity index is 327. The van der Waals surface area contributed by atoms with E-state index in [-0.39, 0.29) is 6.10 Å². The second-order valence-electron chi connectivity index (χ2n) is 4.80. The zero-order valence-corrected chi connectivity index (χ0v) is 12.2. The van der Waals surface area contributed by atoms with Gasteiger partial charge in [0, 0.05) is 13.1 Å². The van der Waals surface area contributed by atoms with Crippen LogP contribution in [0.2, 0.25) is 0 Å². The lowest BCUT2D eigenvalue weighted by Gasteiger charge is -2.37. The van der Waals surface area contributed by atoms with Gasteiger partial charge in [-0.2, -0.15) is 11.3 Å². The monoisotopic (exact) mass is 268 g/mol. The summed E-state index contributed by atoms with van der Waals surface area (Å²) in [4.78, 5) is 2.52. The van der Waals surface area contributed by atoms with Crippen molar-refractivity contribution in [1.29, 1.82) is 0 Å². The highest BCUT2D eigenvalue weighted by molar-refractivity contribution is 7.07. The first-order chi connectivity index (χ1) is 8.85.